The summed E-state index contributed by atoms with van der Waals surface area (Å²) in [6.45, 7) is 3.93. The summed E-state index contributed by atoms with van der Waals surface area (Å²) in [6, 6.07) is 9.68. The number of hydrogen-bond donors (Lipinski definition) is 1. The number of aryl methyl sites for hydroxylation is 1. The molecule has 2 aromatic rings. The van der Waals surface area contributed by atoms with Crippen LogP contribution in [0.5, 0.6) is 5.75 Å². The highest BCUT2D eigenvalue weighted by Gasteiger charge is 2.15. The Bertz CT molecular complexity index is 615. The third-order valence-corrected chi connectivity index (χ3v) is 3.21. The third-order valence-electron chi connectivity index (χ3n) is 3.21. The zero-order valence-electron chi connectivity index (χ0n) is 11.7. The Morgan fingerprint density at radius 1 is 1.26 bits per heavy atom. The lowest BCUT2D eigenvalue weighted by molar-refractivity contribution is 0.0962. The van der Waals surface area contributed by atoms with Gasteiger partial charge in [-0.3, -0.25) is 4.79 Å². The molecule has 1 amide bonds. The summed E-state index contributed by atoms with van der Waals surface area (Å²) in [5.41, 5.74) is 3.63. The van der Waals surface area contributed by atoms with Crippen LogP contribution < -0.4 is 10.1 Å². The Labute approximate surface area is 113 Å². The van der Waals surface area contributed by atoms with Crippen LogP contribution in [0, 0.1) is 13.8 Å². The van der Waals surface area contributed by atoms with Crippen molar-refractivity contribution in [3.8, 4) is 11.4 Å². The lowest BCUT2D eigenvalue weighted by atomic mass is 10.2. The van der Waals surface area contributed by atoms with Gasteiger partial charge in [0.05, 0.1) is 12.7 Å². The van der Waals surface area contributed by atoms with E-state index in [0.717, 1.165) is 22.8 Å². The van der Waals surface area contributed by atoms with Crippen molar-refractivity contribution in [2.45, 2.75) is 13.8 Å². The van der Waals surface area contributed by atoms with Crippen LogP contribution in [0.4, 0.5) is 0 Å². The number of rotatable bonds is 3. The van der Waals surface area contributed by atoms with E-state index in [1.54, 1.807) is 14.2 Å². The molecule has 4 nitrogen and oxygen atoms in total. The molecule has 0 aliphatic carbocycles. The number of methoxy groups -OCH3 is 1. The number of ether oxygens (including phenoxy) is 1. The zero-order chi connectivity index (χ0) is 14.0. The first-order valence-corrected chi connectivity index (χ1v) is 6.14. The summed E-state index contributed by atoms with van der Waals surface area (Å²) in [5, 5.41) is 2.66. The van der Waals surface area contributed by atoms with Gasteiger partial charge in [-0.25, -0.2) is 0 Å². The van der Waals surface area contributed by atoms with Crippen molar-refractivity contribution in [2.75, 3.05) is 14.2 Å². The second kappa shape index (κ2) is 5.18. The van der Waals surface area contributed by atoms with Crippen LogP contribution in [0.3, 0.4) is 0 Å². The molecule has 4 heteroatoms. The fourth-order valence-electron chi connectivity index (χ4n) is 2.27. The first-order chi connectivity index (χ1) is 9.08. The molecule has 0 spiro atoms. The summed E-state index contributed by atoms with van der Waals surface area (Å²) in [5.74, 6) is 0.730. The van der Waals surface area contributed by atoms with Crippen molar-refractivity contribution < 1.29 is 9.53 Å². The average Bonchev–Trinajstić information content (AvgIpc) is 2.73. The van der Waals surface area contributed by atoms with Gasteiger partial charge in [0.25, 0.3) is 5.91 Å². The van der Waals surface area contributed by atoms with Crippen LogP contribution in [0.15, 0.2) is 30.3 Å². The maximum atomic E-state index is 11.8. The second-order valence-electron chi connectivity index (χ2n) is 4.40. The van der Waals surface area contributed by atoms with Gasteiger partial charge in [0.2, 0.25) is 0 Å². The smallest absolute Gasteiger partial charge is 0.252 e. The van der Waals surface area contributed by atoms with Crippen LogP contribution in [0.1, 0.15) is 21.7 Å². The molecule has 0 aliphatic heterocycles. The van der Waals surface area contributed by atoms with E-state index in [9.17, 15) is 4.79 Å². The van der Waals surface area contributed by atoms with Gasteiger partial charge in [-0.2, -0.15) is 0 Å². The minimum Gasteiger partial charge on any atom is -0.497 e. The monoisotopic (exact) mass is 258 g/mol. The van der Waals surface area contributed by atoms with Gasteiger partial charge in [-0.1, -0.05) is 6.07 Å². The first kappa shape index (κ1) is 13.2. The minimum atomic E-state index is -0.0674. The standard InChI is InChI=1S/C15H18N2O2/c1-10-8-14(15(18)16-3)11(2)17(10)12-6-5-7-13(9-12)19-4/h5-9H,1-4H3,(H,16,18). The average molecular weight is 258 g/mol. The molecular weight excluding hydrogens is 240 g/mol. The number of carbonyl (C=O) groups is 1. The summed E-state index contributed by atoms with van der Waals surface area (Å²) < 4.78 is 7.29. The number of aromatic nitrogens is 1. The Hall–Kier alpha value is -2.23. The number of benzene rings is 1. The van der Waals surface area contributed by atoms with Crippen molar-refractivity contribution in [1.29, 1.82) is 0 Å². The molecule has 0 radical (unpaired) electrons. The van der Waals surface area contributed by atoms with Crippen LogP contribution in [-0.2, 0) is 0 Å². The molecule has 1 N–H and O–H groups in total. The summed E-state index contributed by atoms with van der Waals surface area (Å²) in [4.78, 5) is 11.8. The number of nitrogens with one attached hydrogen (secondary N) is 1. The molecule has 0 saturated carbocycles. The SMILES string of the molecule is CNC(=O)c1cc(C)n(-c2cccc(OC)c2)c1C. The molecule has 0 saturated heterocycles. The van der Waals surface area contributed by atoms with Crippen LogP contribution in [0.25, 0.3) is 5.69 Å². The molecule has 1 aromatic heterocycles. The van der Waals surface area contributed by atoms with E-state index in [2.05, 4.69) is 5.32 Å². The Morgan fingerprint density at radius 2 is 2.00 bits per heavy atom. The zero-order valence-corrected chi connectivity index (χ0v) is 11.7. The number of hydrogen-bond acceptors (Lipinski definition) is 2. The van der Waals surface area contributed by atoms with Crippen molar-refractivity contribution in [1.82, 2.24) is 9.88 Å². The van der Waals surface area contributed by atoms with E-state index in [1.807, 2.05) is 48.7 Å². The predicted octanol–water partition coefficient (Wildman–Crippen LogP) is 2.46. The van der Waals surface area contributed by atoms with Crippen molar-refractivity contribution in [3.63, 3.8) is 0 Å². The highest BCUT2D eigenvalue weighted by molar-refractivity contribution is 5.95. The molecule has 19 heavy (non-hydrogen) atoms. The second-order valence-corrected chi connectivity index (χ2v) is 4.40. The summed E-state index contributed by atoms with van der Waals surface area (Å²) >= 11 is 0. The molecule has 1 heterocycles. The van der Waals surface area contributed by atoms with E-state index in [4.69, 9.17) is 4.74 Å². The van der Waals surface area contributed by atoms with Crippen molar-refractivity contribution in [2.24, 2.45) is 0 Å². The molecule has 0 bridgehead atoms. The lowest BCUT2D eigenvalue weighted by Gasteiger charge is -2.11. The molecule has 100 valence electrons. The molecule has 0 aliphatic rings. The van der Waals surface area contributed by atoms with Gasteiger partial charge in [-0.15, -0.1) is 0 Å². The number of amides is 1. The molecule has 2 rings (SSSR count). The summed E-state index contributed by atoms with van der Waals surface area (Å²) in [7, 11) is 3.28. The van der Waals surface area contributed by atoms with Crippen molar-refractivity contribution in [3.05, 3.63) is 47.3 Å². The van der Waals surface area contributed by atoms with Crippen LogP contribution in [0.2, 0.25) is 0 Å². The molecule has 0 atom stereocenters. The predicted molar refractivity (Wildman–Crippen MR) is 75.2 cm³/mol. The van der Waals surface area contributed by atoms with Gasteiger partial charge in [0, 0.05) is 30.2 Å². The lowest BCUT2D eigenvalue weighted by Crippen LogP contribution is -2.18. The Balaban J connectivity index is 2.56. The quantitative estimate of drug-likeness (QED) is 0.919. The van der Waals surface area contributed by atoms with E-state index >= 15 is 0 Å². The van der Waals surface area contributed by atoms with Crippen LogP contribution in [-0.4, -0.2) is 24.6 Å². The highest BCUT2D eigenvalue weighted by Crippen LogP contribution is 2.23. The van der Waals surface area contributed by atoms with Gasteiger partial charge >= 0.3 is 0 Å². The normalized spacial score (nSPS) is 10.3. The Morgan fingerprint density at radius 3 is 2.63 bits per heavy atom. The maximum Gasteiger partial charge on any atom is 0.252 e. The molecule has 0 fully saturated rings. The molecule has 0 unspecified atom stereocenters. The Kier molecular flexibility index (Phi) is 3.60. The van der Waals surface area contributed by atoms with Crippen LogP contribution >= 0.6 is 0 Å². The van der Waals surface area contributed by atoms with Gasteiger partial charge in [-0.05, 0) is 32.0 Å². The van der Waals surface area contributed by atoms with Gasteiger partial charge < -0.3 is 14.6 Å². The molecule has 1 aromatic carbocycles. The first-order valence-electron chi connectivity index (χ1n) is 6.14. The van der Waals surface area contributed by atoms with Crippen molar-refractivity contribution >= 4 is 5.91 Å². The minimum absolute atomic E-state index is 0.0674. The topological polar surface area (TPSA) is 43.3 Å². The van der Waals surface area contributed by atoms with E-state index in [-0.39, 0.29) is 5.91 Å². The maximum absolute atomic E-state index is 11.8. The molecular formula is C15H18N2O2. The highest BCUT2D eigenvalue weighted by atomic mass is 16.5. The third kappa shape index (κ3) is 2.34. The number of nitrogens with zero attached hydrogens (tertiary/aromatic N) is 1. The number of carbonyl (C=O) groups excluding carboxylic acids is 1. The van der Waals surface area contributed by atoms with E-state index in [0.29, 0.717) is 5.56 Å². The van der Waals surface area contributed by atoms with Gasteiger partial charge in [0.15, 0.2) is 0 Å². The van der Waals surface area contributed by atoms with E-state index < -0.39 is 0 Å². The fraction of sp³-hybridized carbons (Fsp3) is 0.267. The van der Waals surface area contributed by atoms with Gasteiger partial charge in [0.1, 0.15) is 5.75 Å². The fourth-order valence-corrected chi connectivity index (χ4v) is 2.27. The largest absolute Gasteiger partial charge is 0.497 e. The van der Waals surface area contributed by atoms with E-state index in [1.165, 1.54) is 0 Å². The summed E-state index contributed by atoms with van der Waals surface area (Å²) in [6.07, 6.45) is 0.